The van der Waals surface area contributed by atoms with Gasteiger partial charge in [-0.3, -0.25) is 4.79 Å². The van der Waals surface area contributed by atoms with Gasteiger partial charge in [-0.25, -0.2) is 5.43 Å². The lowest BCUT2D eigenvalue weighted by Crippen LogP contribution is -2.17. The fraction of sp³-hybridized carbons (Fsp3) is 0. The quantitative estimate of drug-likeness (QED) is 0.211. The molecule has 1 amide bonds. The monoisotopic (exact) mass is 400 g/mol. The number of carbonyl (C=O) groups excluding carboxylic acids is 1. The van der Waals surface area contributed by atoms with Crippen molar-refractivity contribution in [2.24, 2.45) is 5.10 Å². The zero-order valence-corrected chi connectivity index (χ0v) is 16.8. The fourth-order valence-electron chi connectivity index (χ4n) is 3.85. The van der Waals surface area contributed by atoms with E-state index in [0.717, 1.165) is 38.2 Å². The third-order valence-corrected chi connectivity index (χ3v) is 5.43. The Bertz CT molecular complexity index is 1350. The predicted molar refractivity (Wildman–Crippen MR) is 128 cm³/mol. The molecule has 0 aliphatic heterocycles. The van der Waals surface area contributed by atoms with Gasteiger partial charge in [-0.1, -0.05) is 91.0 Å². The number of hydrogen-bond donors (Lipinski definition) is 1. The van der Waals surface area contributed by atoms with E-state index in [1.165, 1.54) is 0 Å². The molecule has 0 saturated heterocycles. The summed E-state index contributed by atoms with van der Waals surface area (Å²) in [4.78, 5) is 12.6. The number of hydrazone groups is 1. The second kappa shape index (κ2) is 8.25. The van der Waals surface area contributed by atoms with Crippen molar-refractivity contribution in [3.05, 3.63) is 120 Å². The molecule has 0 heterocycles. The predicted octanol–water partition coefficient (Wildman–Crippen LogP) is 6.42. The van der Waals surface area contributed by atoms with Gasteiger partial charge in [0.1, 0.15) is 0 Å². The molecule has 0 aliphatic carbocycles. The Hall–Kier alpha value is -4.24. The van der Waals surface area contributed by atoms with Gasteiger partial charge in [0.05, 0.1) is 6.21 Å². The largest absolute Gasteiger partial charge is 0.271 e. The fourth-order valence-corrected chi connectivity index (χ4v) is 3.85. The number of fused-ring (bicyclic) bond motifs is 2. The van der Waals surface area contributed by atoms with E-state index in [0.29, 0.717) is 5.56 Å². The zero-order chi connectivity index (χ0) is 21.0. The molecule has 0 spiro atoms. The Morgan fingerprint density at radius 1 is 0.645 bits per heavy atom. The lowest BCUT2D eigenvalue weighted by atomic mass is 9.97. The highest BCUT2D eigenvalue weighted by atomic mass is 16.2. The smallest absolute Gasteiger partial charge is 0.267 e. The van der Waals surface area contributed by atoms with Crippen LogP contribution in [0.25, 0.3) is 32.7 Å². The van der Waals surface area contributed by atoms with Gasteiger partial charge in [0.15, 0.2) is 0 Å². The highest BCUT2D eigenvalue weighted by Gasteiger charge is 2.07. The van der Waals surface area contributed by atoms with E-state index in [9.17, 15) is 4.79 Å². The molecule has 0 atom stereocenters. The Labute approximate surface area is 180 Å². The van der Waals surface area contributed by atoms with Crippen LogP contribution in [-0.4, -0.2) is 12.1 Å². The van der Waals surface area contributed by atoms with Gasteiger partial charge in [-0.2, -0.15) is 5.10 Å². The molecular weight excluding hydrogens is 380 g/mol. The van der Waals surface area contributed by atoms with Crippen LogP contribution >= 0.6 is 0 Å². The van der Waals surface area contributed by atoms with Gasteiger partial charge in [-0.05, 0) is 50.9 Å². The molecule has 0 saturated carbocycles. The molecular formula is C28H20N2O. The first-order chi connectivity index (χ1) is 15.3. The van der Waals surface area contributed by atoms with E-state index in [4.69, 9.17) is 0 Å². The third kappa shape index (κ3) is 3.81. The van der Waals surface area contributed by atoms with Gasteiger partial charge in [0.25, 0.3) is 5.91 Å². The summed E-state index contributed by atoms with van der Waals surface area (Å²) in [6, 6.07) is 36.2. The van der Waals surface area contributed by atoms with Gasteiger partial charge in [0, 0.05) is 11.1 Å². The van der Waals surface area contributed by atoms with Crippen molar-refractivity contribution in [2.75, 3.05) is 0 Å². The van der Waals surface area contributed by atoms with E-state index in [-0.39, 0.29) is 5.91 Å². The molecule has 5 aromatic carbocycles. The molecule has 31 heavy (non-hydrogen) atoms. The number of rotatable bonds is 4. The number of benzene rings is 5. The molecule has 5 rings (SSSR count). The van der Waals surface area contributed by atoms with E-state index in [1.54, 1.807) is 6.21 Å². The molecule has 0 aromatic heterocycles. The minimum absolute atomic E-state index is 0.236. The first kappa shape index (κ1) is 18.8. The molecule has 5 aromatic rings. The molecule has 0 fully saturated rings. The van der Waals surface area contributed by atoms with Gasteiger partial charge < -0.3 is 0 Å². The first-order valence-electron chi connectivity index (χ1n) is 10.2. The van der Waals surface area contributed by atoms with E-state index in [2.05, 4.69) is 40.9 Å². The Kier molecular flexibility index (Phi) is 4.99. The van der Waals surface area contributed by atoms with Crippen molar-refractivity contribution < 1.29 is 4.79 Å². The van der Waals surface area contributed by atoms with E-state index in [1.807, 2.05) is 78.9 Å². The molecule has 0 radical (unpaired) electrons. The van der Waals surface area contributed by atoms with Crippen LogP contribution in [0.2, 0.25) is 0 Å². The van der Waals surface area contributed by atoms with Crippen LogP contribution < -0.4 is 5.43 Å². The second-order valence-corrected chi connectivity index (χ2v) is 7.38. The normalized spacial score (nSPS) is 11.2. The van der Waals surface area contributed by atoms with Crippen LogP contribution in [0.1, 0.15) is 15.9 Å². The van der Waals surface area contributed by atoms with Gasteiger partial charge in [0.2, 0.25) is 0 Å². The van der Waals surface area contributed by atoms with Crippen molar-refractivity contribution in [3.8, 4) is 11.1 Å². The Morgan fingerprint density at radius 2 is 1.19 bits per heavy atom. The average Bonchev–Trinajstić information content (AvgIpc) is 2.84. The van der Waals surface area contributed by atoms with Crippen LogP contribution in [0.4, 0.5) is 0 Å². The van der Waals surface area contributed by atoms with Gasteiger partial charge in [-0.15, -0.1) is 0 Å². The summed E-state index contributed by atoms with van der Waals surface area (Å²) in [5.41, 5.74) is 6.42. The van der Waals surface area contributed by atoms with Crippen LogP contribution in [0.5, 0.6) is 0 Å². The molecule has 3 nitrogen and oxygen atoms in total. The van der Waals surface area contributed by atoms with Crippen LogP contribution in [0, 0.1) is 0 Å². The number of carbonyl (C=O) groups is 1. The first-order valence-corrected chi connectivity index (χ1v) is 10.2. The molecule has 1 N–H and O–H groups in total. The summed E-state index contributed by atoms with van der Waals surface area (Å²) in [5.74, 6) is -0.236. The van der Waals surface area contributed by atoms with Crippen molar-refractivity contribution in [1.29, 1.82) is 0 Å². The molecule has 0 unspecified atom stereocenters. The zero-order valence-electron chi connectivity index (χ0n) is 16.8. The topological polar surface area (TPSA) is 41.5 Å². The minimum atomic E-state index is -0.236. The summed E-state index contributed by atoms with van der Waals surface area (Å²) in [5, 5.41) is 8.77. The van der Waals surface area contributed by atoms with Crippen LogP contribution in [0.3, 0.4) is 0 Å². The standard InChI is InChI=1S/C28H20N2O/c31-28(22-16-14-21(15-17-22)20-8-2-1-3-9-20)30-29-19-27-25-12-6-4-10-23(25)18-24-11-5-7-13-26(24)27/h1-19H,(H,30,31)/b29-19+. The molecule has 0 bridgehead atoms. The van der Waals surface area contributed by atoms with Crippen LogP contribution in [-0.2, 0) is 0 Å². The van der Waals surface area contributed by atoms with E-state index < -0.39 is 0 Å². The minimum Gasteiger partial charge on any atom is -0.267 e. The second-order valence-electron chi connectivity index (χ2n) is 7.38. The summed E-state index contributed by atoms with van der Waals surface area (Å²) < 4.78 is 0. The van der Waals surface area contributed by atoms with Crippen molar-refractivity contribution >= 4 is 33.7 Å². The lowest BCUT2D eigenvalue weighted by Gasteiger charge is -2.08. The Morgan fingerprint density at radius 3 is 1.84 bits per heavy atom. The summed E-state index contributed by atoms with van der Waals surface area (Å²) in [6.45, 7) is 0. The highest BCUT2D eigenvalue weighted by Crippen LogP contribution is 2.27. The van der Waals surface area contributed by atoms with E-state index >= 15 is 0 Å². The maximum Gasteiger partial charge on any atom is 0.271 e. The van der Waals surface area contributed by atoms with Gasteiger partial charge >= 0.3 is 0 Å². The number of amides is 1. The Balaban J connectivity index is 1.40. The molecule has 3 heteroatoms. The number of hydrogen-bond acceptors (Lipinski definition) is 2. The molecule has 148 valence electrons. The number of nitrogens with one attached hydrogen (secondary N) is 1. The van der Waals surface area contributed by atoms with Crippen molar-refractivity contribution in [1.82, 2.24) is 5.43 Å². The summed E-state index contributed by atoms with van der Waals surface area (Å²) in [7, 11) is 0. The third-order valence-electron chi connectivity index (χ3n) is 5.43. The van der Waals surface area contributed by atoms with Crippen LogP contribution in [0.15, 0.2) is 114 Å². The SMILES string of the molecule is O=C(N/N=C/c1c2ccccc2cc2ccccc12)c1ccc(-c2ccccc2)cc1. The average molecular weight is 400 g/mol. The number of nitrogens with zero attached hydrogens (tertiary/aromatic N) is 1. The maximum absolute atomic E-state index is 12.6. The lowest BCUT2D eigenvalue weighted by molar-refractivity contribution is 0.0955. The highest BCUT2D eigenvalue weighted by molar-refractivity contribution is 6.13. The summed E-state index contributed by atoms with van der Waals surface area (Å²) >= 11 is 0. The van der Waals surface area contributed by atoms with Crippen molar-refractivity contribution in [2.45, 2.75) is 0 Å². The maximum atomic E-state index is 12.6. The summed E-state index contributed by atoms with van der Waals surface area (Å²) in [6.07, 6.45) is 1.74. The molecule has 0 aliphatic rings. The van der Waals surface area contributed by atoms with Crippen molar-refractivity contribution in [3.63, 3.8) is 0 Å².